The van der Waals surface area contributed by atoms with Gasteiger partial charge in [0.15, 0.2) is 0 Å². The van der Waals surface area contributed by atoms with Crippen molar-refractivity contribution in [3.8, 4) is 5.69 Å². The lowest BCUT2D eigenvalue weighted by Gasteiger charge is -2.15. The molecular weight excluding hydrogens is 291 g/mol. The van der Waals surface area contributed by atoms with Crippen molar-refractivity contribution in [1.82, 2.24) is 15.0 Å². The van der Waals surface area contributed by atoms with Gasteiger partial charge < -0.3 is 5.73 Å². The molecule has 1 heterocycles. The fourth-order valence-corrected chi connectivity index (χ4v) is 2.42. The highest BCUT2D eigenvalue weighted by molar-refractivity contribution is 6.31. The smallest absolute Gasteiger partial charge is 0.124 e. The maximum atomic E-state index is 13.1. The Hall–Kier alpha value is -2.24. The van der Waals surface area contributed by atoms with Gasteiger partial charge in [0.1, 0.15) is 5.82 Å². The van der Waals surface area contributed by atoms with Crippen molar-refractivity contribution >= 4 is 11.6 Å². The second-order valence-electron chi connectivity index (χ2n) is 4.55. The highest BCUT2D eigenvalue weighted by Crippen LogP contribution is 2.27. The molecule has 0 saturated heterocycles. The van der Waals surface area contributed by atoms with E-state index in [1.807, 2.05) is 30.3 Å². The SMILES string of the molecule is NC(c1ccc(F)cc1Cl)c1cnnn1-c1ccccc1. The predicted molar refractivity (Wildman–Crippen MR) is 78.8 cm³/mol. The number of benzene rings is 2. The average molecular weight is 303 g/mol. The van der Waals surface area contributed by atoms with Crippen molar-refractivity contribution in [2.75, 3.05) is 0 Å². The Labute approximate surface area is 126 Å². The molecule has 0 amide bonds. The largest absolute Gasteiger partial charge is 0.319 e. The molecule has 2 aromatic carbocycles. The number of nitrogens with two attached hydrogens (primary N) is 1. The average Bonchev–Trinajstić information content (AvgIpc) is 2.97. The van der Waals surface area contributed by atoms with Crippen molar-refractivity contribution in [2.45, 2.75) is 6.04 Å². The first-order valence-corrected chi connectivity index (χ1v) is 6.71. The molecule has 0 fully saturated rings. The van der Waals surface area contributed by atoms with E-state index in [1.165, 1.54) is 12.1 Å². The maximum Gasteiger partial charge on any atom is 0.124 e. The number of halogens is 2. The van der Waals surface area contributed by atoms with E-state index in [0.29, 0.717) is 11.3 Å². The van der Waals surface area contributed by atoms with Gasteiger partial charge in [0.2, 0.25) is 0 Å². The standard InChI is InChI=1S/C15H12ClFN4/c16-13-8-10(17)6-7-12(13)15(18)14-9-19-20-21(14)11-4-2-1-3-5-11/h1-9,15H,18H2. The molecular formula is C15H12ClFN4. The molecule has 3 aromatic rings. The minimum atomic E-state index is -0.548. The van der Waals surface area contributed by atoms with E-state index in [2.05, 4.69) is 10.3 Å². The summed E-state index contributed by atoms with van der Waals surface area (Å²) >= 11 is 6.07. The van der Waals surface area contributed by atoms with Crippen molar-refractivity contribution in [2.24, 2.45) is 5.73 Å². The van der Waals surface area contributed by atoms with Gasteiger partial charge in [0, 0.05) is 5.02 Å². The van der Waals surface area contributed by atoms with Crippen LogP contribution in [-0.2, 0) is 0 Å². The molecule has 0 bridgehead atoms. The molecule has 1 atom stereocenters. The van der Waals surface area contributed by atoms with Crippen molar-refractivity contribution in [3.05, 3.63) is 76.8 Å². The highest BCUT2D eigenvalue weighted by atomic mass is 35.5. The third kappa shape index (κ3) is 2.66. The summed E-state index contributed by atoms with van der Waals surface area (Å²) in [5.41, 5.74) is 8.39. The van der Waals surface area contributed by atoms with Crippen LogP contribution in [0.4, 0.5) is 4.39 Å². The van der Waals surface area contributed by atoms with Gasteiger partial charge in [-0.25, -0.2) is 9.07 Å². The number of nitrogens with zero attached hydrogens (tertiary/aromatic N) is 3. The summed E-state index contributed by atoms with van der Waals surface area (Å²) in [6, 6.07) is 13.1. The number of hydrogen-bond donors (Lipinski definition) is 1. The molecule has 1 unspecified atom stereocenters. The van der Waals surface area contributed by atoms with Gasteiger partial charge >= 0.3 is 0 Å². The Morgan fingerprint density at radius 2 is 1.90 bits per heavy atom. The van der Waals surface area contributed by atoms with Crippen LogP contribution in [0.15, 0.2) is 54.7 Å². The third-order valence-corrected chi connectivity index (χ3v) is 3.52. The Bertz CT molecular complexity index is 757. The lowest BCUT2D eigenvalue weighted by molar-refractivity contribution is 0.625. The lowest BCUT2D eigenvalue weighted by Crippen LogP contribution is -2.17. The fourth-order valence-electron chi connectivity index (χ4n) is 2.14. The minimum absolute atomic E-state index is 0.281. The first-order chi connectivity index (χ1) is 10.2. The highest BCUT2D eigenvalue weighted by Gasteiger charge is 2.18. The molecule has 3 rings (SSSR count). The van der Waals surface area contributed by atoms with E-state index in [-0.39, 0.29) is 5.02 Å². The molecule has 1 aromatic heterocycles. The summed E-state index contributed by atoms with van der Waals surface area (Å²) in [5, 5.41) is 8.24. The van der Waals surface area contributed by atoms with Crippen molar-refractivity contribution in [1.29, 1.82) is 0 Å². The lowest BCUT2D eigenvalue weighted by atomic mass is 10.0. The Morgan fingerprint density at radius 1 is 1.14 bits per heavy atom. The van der Waals surface area contributed by atoms with Crippen LogP contribution in [0.3, 0.4) is 0 Å². The van der Waals surface area contributed by atoms with Gasteiger partial charge in [-0.3, -0.25) is 0 Å². The Morgan fingerprint density at radius 3 is 2.62 bits per heavy atom. The second kappa shape index (κ2) is 5.63. The van der Waals surface area contributed by atoms with Gasteiger partial charge in [-0.15, -0.1) is 5.10 Å². The molecule has 0 aliphatic heterocycles. The molecule has 0 radical (unpaired) electrons. The molecule has 21 heavy (non-hydrogen) atoms. The molecule has 0 spiro atoms. The summed E-state index contributed by atoms with van der Waals surface area (Å²) in [5.74, 6) is -0.398. The first kappa shape index (κ1) is 13.7. The second-order valence-corrected chi connectivity index (χ2v) is 4.96. The molecule has 0 saturated carbocycles. The topological polar surface area (TPSA) is 56.7 Å². The van der Waals surface area contributed by atoms with E-state index in [4.69, 9.17) is 17.3 Å². The number of aromatic nitrogens is 3. The van der Waals surface area contributed by atoms with E-state index < -0.39 is 11.9 Å². The predicted octanol–water partition coefficient (Wildman–Crippen LogP) is 3.11. The van der Waals surface area contributed by atoms with E-state index >= 15 is 0 Å². The molecule has 0 aliphatic rings. The van der Waals surface area contributed by atoms with Crippen LogP contribution in [0.2, 0.25) is 5.02 Å². The van der Waals surface area contributed by atoms with Gasteiger partial charge in [-0.05, 0) is 29.8 Å². The summed E-state index contributed by atoms with van der Waals surface area (Å²) in [6.45, 7) is 0. The van der Waals surface area contributed by atoms with Crippen LogP contribution < -0.4 is 5.73 Å². The van der Waals surface area contributed by atoms with Crippen LogP contribution in [0.5, 0.6) is 0 Å². The summed E-state index contributed by atoms with van der Waals surface area (Å²) in [4.78, 5) is 0. The normalized spacial score (nSPS) is 12.3. The zero-order valence-electron chi connectivity index (χ0n) is 10.9. The van der Waals surface area contributed by atoms with E-state index in [0.717, 1.165) is 5.69 Å². The first-order valence-electron chi connectivity index (χ1n) is 6.33. The quantitative estimate of drug-likeness (QED) is 0.809. The van der Waals surface area contributed by atoms with Crippen LogP contribution in [0.1, 0.15) is 17.3 Å². The summed E-state index contributed by atoms with van der Waals surface area (Å²) < 4.78 is 14.8. The Kier molecular flexibility index (Phi) is 3.68. The van der Waals surface area contributed by atoms with Gasteiger partial charge in [0.25, 0.3) is 0 Å². The summed E-state index contributed by atoms with van der Waals surface area (Å²) in [6.07, 6.45) is 1.58. The monoisotopic (exact) mass is 302 g/mol. The molecule has 4 nitrogen and oxygen atoms in total. The number of rotatable bonds is 3. The van der Waals surface area contributed by atoms with Crippen LogP contribution in [0, 0.1) is 5.82 Å². The number of para-hydroxylation sites is 1. The van der Waals surface area contributed by atoms with Crippen LogP contribution in [0.25, 0.3) is 5.69 Å². The minimum Gasteiger partial charge on any atom is -0.319 e. The van der Waals surface area contributed by atoms with E-state index in [9.17, 15) is 4.39 Å². The van der Waals surface area contributed by atoms with Crippen molar-refractivity contribution in [3.63, 3.8) is 0 Å². The van der Waals surface area contributed by atoms with Crippen LogP contribution in [-0.4, -0.2) is 15.0 Å². The molecule has 0 aliphatic carbocycles. The summed E-state index contributed by atoms with van der Waals surface area (Å²) in [7, 11) is 0. The van der Waals surface area contributed by atoms with Crippen molar-refractivity contribution < 1.29 is 4.39 Å². The zero-order chi connectivity index (χ0) is 14.8. The maximum absolute atomic E-state index is 13.1. The Balaban J connectivity index is 2.03. The van der Waals surface area contributed by atoms with Gasteiger partial charge in [-0.2, -0.15) is 0 Å². The molecule has 6 heteroatoms. The van der Waals surface area contributed by atoms with Gasteiger partial charge in [-0.1, -0.05) is 41.1 Å². The third-order valence-electron chi connectivity index (χ3n) is 3.19. The van der Waals surface area contributed by atoms with Gasteiger partial charge in [0.05, 0.1) is 23.6 Å². The fraction of sp³-hybridized carbons (Fsp3) is 0.0667. The van der Waals surface area contributed by atoms with Crippen LogP contribution >= 0.6 is 11.6 Å². The number of hydrogen-bond acceptors (Lipinski definition) is 3. The zero-order valence-corrected chi connectivity index (χ0v) is 11.7. The molecule has 106 valence electrons. The van der Waals surface area contributed by atoms with E-state index in [1.54, 1.807) is 16.9 Å². The molecule has 2 N–H and O–H groups in total.